The summed E-state index contributed by atoms with van der Waals surface area (Å²) >= 11 is 1.66. The molecule has 0 saturated carbocycles. The normalized spacial score (nSPS) is 9.95. The van der Waals surface area contributed by atoms with Crippen LogP contribution in [-0.2, 0) is 6.42 Å². The highest BCUT2D eigenvalue weighted by Crippen LogP contribution is 2.16. The fraction of sp³-hybridized carbons (Fsp3) is 0.214. The summed E-state index contributed by atoms with van der Waals surface area (Å²) in [6, 6.07) is 9.12. The summed E-state index contributed by atoms with van der Waals surface area (Å²) in [5, 5.41) is 9.71. The molecule has 0 saturated heterocycles. The van der Waals surface area contributed by atoms with Crippen LogP contribution in [0.15, 0.2) is 41.1 Å². The predicted octanol–water partition coefficient (Wildman–Crippen LogP) is 3.12. The third-order valence-electron chi connectivity index (χ3n) is 2.61. The molecule has 1 aromatic heterocycles. The third kappa shape index (κ3) is 4.30. The molecule has 2 amide bonds. The smallest absolute Gasteiger partial charge is 0.319 e. The first-order chi connectivity index (χ1) is 9.28. The van der Waals surface area contributed by atoms with Gasteiger partial charge >= 0.3 is 6.03 Å². The van der Waals surface area contributed by atoms with Crippen LogP contribution in [0.1, 0.15) is 5.56 Å². The molecule has 0 aliphatic rings. The van der Waals surface area contributed by atoms with E-state index in [4.69, 9.17) is 4.74 Å². The second kappa shape index (κ2) is 6.80. The van der Waals surface area contributed by atoms with Gasteiger partial charge in [-0.25, -0.2) is 4.79 Å². The van der Waals surface area contributed by atoms with E-state index in [0.717, 1.165) is 12.2 Å². The van der Waals surface area contributed by atoms with Gasteiger partial charge in [0.05, 0.1) is 7.11 Å². The van der Waals surface area contributed by atoms with E-state index in [-0.39, 0.29) is 6.03 Å². The zero-order valence-electron chi connectivity index (χ0n) is 10.7. The van der Waals surface area contributed by atoms with Crippen LogP contribution in [0, 0.1) is 0 Å². The van der Waals surface area contributed by atoms with E-state index >= 15 is 0 Å². The van der Waals surface area contributed by atoms with Crippen molar-refractivity contribution in [1.82, 2.24) is 5.32 Å². The lowest BCUT2D eigenvalue weighted by Crippen LogP contribution is -2.30. The van der Waals surface area contributed by atoms with Gasteiger partial charge in [0.1, 0.15) is 5.75 Å². The van der Waals surface area contributed by atoms with Gasteiger partial charge in [-0.1, -0.05) is 6.07 Å². The summed E-state index contributed by atoms with van der Waals surface area (Å²) in [6.07, 6.45) is 0.842. The van der Waals surface area contributed by atoms with Crippen LogP contribution in [-0.4, -0.2) is 19.7 Å². The zero-order chi connectivity index (χ0) is 13.5. The summed E-state index contributed by atoms with van der Waals surface area (Å²) in [5.74, 6) is 0.719. The molecule has 5 heteroatoms. The Labute approximate surface area is 116 Å². The molecule has 0 atom stereocenters. The molecule has 0 aliphatic heterocycles. The fourth-order valence-electron chi connectivity index (χ4n) is 1.63. The molecule has 1 aromatic carbocycles. The number of ether oxygens (including phenoxy) is 1. The van der Waals surface area contributed by atoms with Crippen LogP contribution in [0.2, 0.25) is 0 Å². The van der Waals surface area contributed by atoms with Crippen molar-refractivity contribution in [3.05, 3.63) is 46.7 Å². The summed E-state index contributed by atoms with van der Waals surface area (Å²) in [7, 11) is 1.60. The molecule has 0 radical (unpaired) electrons. The Kier molecular flexibility index (Phi) is 4.80. The number of hydrogen-bond donors (Lipinski definition) is 2. The first-order valence-corrected chi connectivity index (χ1v) is 6.92. The van der Waals surface area contributed by atoms with Crippen molar-refractivity contribution in [2.75, 3.05) is 19.0 Å². The topological polar surface area (TPSA) is 50.4 Å². The van der Waals surface area contributed by atoms with Crippen molar-refractivity contribution in [3.63, 3.8) is 0 Å². The van der Waals surface area contributed by atoms with E-state index in [0.29, 0.717) is 12.2 Å². The lowest BCUT2D eigenvalue weighted by Gasteiger charge is -2.08. The highest BCUT2D eigenvalue weighted by Gasteiger charge is 2.02. The minimum Gasteiger partial charge on any atom is -0.497 e. The molecule has 0 unspecified atom stereocenters. The van der Waals surface area contributed by atoms with E-state index in [9.17, 15) is 4.79 Å². The summed E-state index contributed by atoms with van der Waals surface area (Å²) < 4.78 is 5.10. The van der Waals surface area contributed by atoms with Crippen molar-refractivity contribution < 1.29 is 9.53 Å². The number of anilines is 1. The Morgan fingerprint density at radius 3 is 3.00 bits per heavy atom. The molecule has 2 aromatic rings. The number of rotatable bonds is 5. The molecule has 100 valence electrons. The van der Waals surface area contributed by atoms with Crippen LogP contribution in [0.5, 0.6) is 5.75 Å². The maximum atomic E-state index is 11.7. The Balaban J connectivity index is 1.77. The molecule has 0 spiro atoms. The molecular weight excluding hydrogens is 260 g/mol. The number of methoxy groups -OCH3 is 1. The number of urea groups is 1. The van der Waals surface area contributed by atoms with E-state index in [1.165, 1.54) is 5.56 Å². The summed E-state index contributed by atoms with van der Waals surface area (Å²) in [4.78, 5) is 11.7. The van der Waals surface area contributed by atoms with Crippen LogP contribution >= 0.6 is 11.3 Å². The molecule has 0 fully saturated rings. The molecule has 2 N–H and O–H groups in total. The Morgan fingerprint density at radius 2 is 2.26 bits per heavy atom. The molecule has 0 bridgehead atoms. The van der Waals surface area contributed by atoms with Crippen LogP contribution in [0.25, 0.3) is 0 Å². The quantitative estimate of drug-likeness (QED) is 0.881. The molecular formula is C14H16N2O2S. The molecule has 0 aliphatic carbocycles. The number of thiophene rings is 1. The minimum absolute atomic E-state index is 0.205. The standard InChI is InChI=1S/C14H16N2O2S/c1-18-13-4-2-3-12(9-13)16-14(17)15-7-5-11-6-8-19-10-11/h2-4,6,8-10H,5,7H2,1H3,(H2,15,16,17). The molecule has 19 heavy (non-hydrogen) atoms. The molecule has 1 heterocycles. The Bertz CT molecular complexity index is 526. The van der Waals surface area contributed by atoms with Gasteiger partial charge < -0.3 is 15.4 Å². The van der Waals surface area contributed by atoms with Gasteiger partial charge in [-0.05, 0) is 40.9 Å². The van der Waals surface area contributed by atoms with E-state index in [2.05, 4.69) is 22.1 Å². The number of hydrogen-bond acceptors (Lipinski definition) is 3. The highest BCUT2D eigenvalue weighted by atomic mass is 32.1. The average molecular weight is 276 g/mol. The summed E-state index contributed by atoms with van der Waals surface area (Å²) in [6.45, 7) is 0.618. The van der Waals surface area contributed by atoms with Crippen molar-refractivity contribution >= 4 is 23.1 Å². The first-order valence-electron chi connectivity index (χ1n) is 5.98. The maximum Gasteiger partial charge on any atom is 0.319 e. The third-order valence-corrected chi connectivity index (χ3v) is 3.34. The van der Waals surface area contributed by atoms with Gasteiger partial charge in [0.25, 0.3) is 0 Å². The number of carbonyl (C=O) groups is 1. The van der Waals surface area contributed by atoms with Crippen LogP contribution in [0.4, 0.5) is 10.5 Å². The van der Waals surface area contributed by atoms with Crippen LogP contribution < -0.4 is 15.4 Å². The van der Waals surface area contributed by atoms with E-state index in [1.807, 2.05) is 23.6 Å². The van der Waals surface area contributed by atoms with Gasteiger partial charge in [0.15, 0.2) is 0 Å². The predicted molar refractivity (Wildman–Crippen MR) is 78.0 cm³/mol. The second-order valence-corrected chi connectivity index (χ2v) is 4.77. The minimum atomic E-state index is -0.205. The van der Waals surface area contributed by atoms with Gasteiger partial charge in [-0.3, -0.25) is 0 Å². The van der Waals surface area contributed by atoms with Gasteiger partial charge in [-0.15, -0.1) is 0 Å². The maximum absolute atomic E-state index is 11.7. The molecule has 4 nitrogen and oxygen atoms in total. The lowest BCUT2D eigenvalue weighted by molar-refractivity contribution is 0.252. The van der Waals surface area contributed by atoms with E-state index < -0.39 is 0 Å². The van der Waals surface area contributed by atoms with Crippen molar-refractivity contribution in [3.8, 4) is 5.75 Å². The second-order valence-electron chi connectivity index (χ2n) is 3.99. The fourth-order valence-corrected chi connectivity index (χ4v) is 2.33. The number of carbonyl (C=O) groups excluding carboxylic acids is 1. The monoisotopic (exact) mass is 276 g/mol. The van der Waals surface area contributed by atoms with Crippen LogP contribution in [0.3, 0.4) is 0 Å². The van der Waals surface area contributed by atoms with Crippen molar-refractivity contribution in [2.45, 2.75) is 6.42 Å². The average Bonchev–Trinajstić information content (AvgIpc) is 2.92. The van der Waals surface area contributed by atoms with Gasteiger partial charge in [-0.2, -0.15) is 11.3 Å². The largest absolute Gasteiger partial charge is 0.497 e. The van der Waals surface area contributed by atoms with Crippen molar-refractivity contribution in [2.24, 2.45) is 0 Å². The number of amides is 2. The van der Waals surface area contributed by atoms with Crippen molar-refractivity contribution in [1.29, 1.82) is 0 Å². The number of benzene rings is 1. The SMILES string of the molecule is COc1cccc(NC(=O)NCCc2ccsc2)c1. The first kappa shape index (κ1) is 13.4. The Hall–Kier alpha value is -2.01. The zero-order valence-corrected chi connectivity index (χ0v) is 11.5. The lowest BCUT2D eigenvalue weighted by atomic mass is 10.2. The highest BCUT2D eigenvalue weighted by molar-refractivity contribution is 7.07. The molecule has 2 rings (SSSR count). The van der Waals surface area contributed by atoms with Gasteiger partial charge in [0, 0.05) is 18.3 Å². The van der Waals surface area contributed by atoms with Gasteiger partial charge in [0.2, 0.25) is 0 Å². The number of nitrogens with one attached hydrogen (secondary N) is 2. The summed E-state index contributed by atoms with van der Waals surface area (Å²) in [5.41, 5.74) is 1.96. The Morgan fingerprint density at radius 1 is 1.37 bits per heavy atom. The van der Waals surface area contributed by atoms with E-state index in [1.54, 1.807) is 24.5 Å².